The van der Waals surface area contributed by atoms with E-state index >= 15 is 0 Å². The highest BCUT2D eigenvalue weighted by atomic mass is 32.2. The molecule has 0 aliphatic heterocycles. The molecule has 0 aliphatic rings. The molecule has 0 amide bonds. The van der Waals surface area contributed by atoms with Gasteiger partial charge in [-0.05, 0) is 31.2 Å². The van der Waals surface area contributed by atoms with Gasteiger partial charge in [0.15, 0.2) is 5.65 Å². The SMILES string of the molecule is CCOc1ccc(OCCSc2nc(C(C)(C)C)nc3c2c(=O)n(C)c(=O)n3C)cc1. The lowest BCUT2D eigenvalue weighted by atomic mass is 9.96. The molecule has 0 atom stereocenters. The first kappa shape index (κ1) is 22.9. The summed E-state index contributed by atoms with van der Waals surface area (Å²) < 4.78 is 13.7. The zero-order chi connectivity index (χ0) is 22.8. The molecule has 8 nitrogen and oxygen atoms in total. The Kier molecular flexibility index (Phi) is 6.74. The summed E-state index contributed by atoms with van der Waals surface area (Å²) >= 11 is 1.42. The van der Waals surface area contributed by atoms with Crippen molar-refractivity contribution in [3.05, 3.63) is 50.9 Å². The van der Waals surface area contributed by atoms with Gasteiger partial charge in [0.1, 0.15) is 27.7 Å². The van der Waals surface area contributed by atoms with Crippen LogP contribution in [0.4, 0.5) is 0 Å². The lowest BCUT2D eigenvalue weighted by Crippen LogP contribution is -2.38. The maximum Gasteiger partial charge on any atom is 0.332 e. The molecule has 0 saturated heterocycles. The Bertz CT molecular complexity index is 1190. The van der Waals surface area contributed by atoms with Gasteiger partial charge in [0.05, 0.1) is 13.2 Å². The molecule has 0 radical (unpaired) electrons. The van der Waals surface area contributed by atoms with Crippen molar-refractivity contribution in [1.82, 2.24) is 19.1 Å². The van der Waals surface area contributed by atoms with E-state index in [0.29, 0.717) is 40.9 Å². The minimum Gasteiger partial charge on any atom is -0.494 e. The van der Waals surface area contributed by atoms with E-state index in [0.717, 1.165) is 16.1 Å². The Labute approximate surface area is 185 Å². The molecule has 0 spiro atoms. The summed E-state index contributed by atoms with van der Waals surface area (Å²) in [5.74, 6) is 2.70. The van der Waals surface area contributed by atoms with Gasteiger partial charge in [-0.2, -0.15) is 0 Å². The maximum atomic E-state index is 12.8. The first-order valence-electron chi connectivity index (χ1n) is 10.1. The van der Waals surface area contributed by atoms with Crippen molar-refractivity contribution >= 4 is 22.8 Å². The number of ether oxygens (including phenoxy) is 2. The summed E-state index contributed by atoms with van der Waals surface area (Å²) in [6.45, 7) is 8.98. The van der Waals surface area contributed by atoms with Gasteiger partial charge in [-0.15, -0.1) is 11.8 Å². The molecule has 0 bridgehead atoms. The predicted octanol–water partition coefficient (Wildman–Crippen LogP) is 2.89. The minimum atomic E-state index is -0.411. The Morgan fingerprint density at radius 2 is 1.58 bits per heavy atom. The number of aryl methyl sites for hydroxylation is 1. The summed E-state index contributed by atoms with van der Waals surface area (Å²) in [4.78, 5) is 34.4. The summed E-state index contributed by atoms with van der Waals surface area (Å²) in [6, 6.07) is 7.45. The number of benzene rings is 1. The average molecular weight is 445 g/mol. The van der Waals surface area contributed by atoms with Crippen LogP contribution in [0.25, 0.3) is 11.0 Å². The number of fused-ring (bicyclic) bond motifs is 1. The van der Waals surface area contributed by atoms with Crippen LogP contribution in [0.3, 0.4) is 0 Å². The van der Waals surface area contributed by atoms with E-state index < -0.39 is 11.2 Å². The fourth-order valence-electron chi connectivity index (χ4n) is 2.97. The summed E-state index contributed by atoms with van der Waals surface area (Å²) in [7, 11) is 3.08. The topological polar surface area (TPSA) is 88.2 Å². The molecule has 0 saturated carbocycles. The third-order valence-electron chi connectivity index (χ3n) is 4.66. The molecular formula is C22H28N4O4S. The Morgan fingerprint density at radius 1 is 0.968 bits per heavy atom. The quantitative estimate of drug-likeness (QED) is 0.314. The van der Waals surface area contributed by atoms with Crippen LogP contribution < -0.4 is 20.7 Å². The zero-order valence-electron chi connectivity index (χ0n) is 18.8. The normalized spacial score (nSPS) is 11.7. The summed E-state index contributed by atoms with van der Waals surface area (Å²) in [5, 5.41) is 0.907. The maximum absolute atomic E-state index is 12.8. The molecule has 0 fully saturated rings. The molecule has 9 heteroatoms. The molecule has 2 aromatic heterocycles. The first-order valence-corrected chi connectivity index (χ1v) is 11.1. The Balaban J connectivity index is 1.86. The number of hydrogen-bond acceptors (Lipinski definition) is 7. The van der Waals surface area contributed by atoms with Crippen LogP contribution in [-0.2, 0) is 19.5 Å². The number of hydrogen-bond donors (Lipinski definition) is 0. The van der Waals surface area contributed by atoms with Gasteiger partial charge in [-0.3, -0.25) is 13.9 Å². The van der Waals surface area contributed by atoms with Gasteiger partial charge >= 0.3 is 5.69 Å². The molecule has 31 heavy (non-hydrogen) atoms. The van der Waals surface area contributed by atoms with Crippen LogP contribution in [0.1, 0.15) is 33.5 Å². The highest BCUT2D eigenvalue weighted by Gasteiger charge is 2.23. The molecular weight excluding hydrogens is 416 g/mol. The van der Waals surface area contributed by atoms with Gasteiger partial charge in [0, 0.05) is 25.3 Å². The second-order valence-electron chi connectivity index (χ2n) is 8.11. The molecule has 166 valence electrons. The van der Waals surface area contributed by atoms with E-state index in [-0.39, 0.29) is 5.41 Å². The first-order chi connectivity index (χ1) is 14.6. The monoisotopic (exact) mass is 444 g/mol. The van der Waals surface area contributed by atoms with Crippen LogP contribution >= 0.6 is 11.8 Å². The smallest absolute Gasteiger partial charge is 0.332 e. The van der Waals surface area contributed by atoms with Crippen LogP contribution in [0.2, 0.25) is 0 Å². The Morgan fingerprint density at radius 3 is 2.16 bits per heavy atom. The van der Waals surface area contributed by atoms with Crippen molar-refractivity contribution in [1.29, 1.82) is 0 Å². The second-order valence-corrected chi connectivity index (χ2v) is 9.19. The van der Waals surface area contributed by atoms with Crippen LogP contribution in [0.5, 0.6) is 11.5 Å². The van der Waals surface area contributed by atoms with Crippen molar-refractivity contribution in [3.8, 4) is 11.5 Å². The van der Waals surface area contributed by atoms with Crippen molar-refractivity contribution in [2.45, 2.75) is 38.1 Å². The lowest BCUT2D eigenvalue weighted by Gasteiger charge is -2.19. The molecule has 0 aliphatic carbocycles. The lowest BCUT2D eigenvalue weighted by molar-refractivity contribution is 0.332. The molecule has 1 aromatic carbocycles. The predicted molar refractivity (Wildman–Crippen MR) is 123 cm³/mol. The Hall–Kier alpha value is -2.81. The largest absolute Gasteiger partial charge is 0.494 e. The fraction of sp³-hybridized carbons (Fsp3) is 0.455. The highest BCUT2D eigenvalue weighted by molar-refractivity contribution is 7.99. The molecule has 3 rings (SSSR count). The summed E-state index contributed by atoms with van der Waals surface area (Å²) in [5.41, 5.74) is -0.790. The molecule has 3 aromatic rings. The van der Waals surface area contributed by atoms with Crippen molar-refractivity contribution < 1.29 is 9.47 Å². The number of aromatic nitrogens is 4. The van der Waals surface area contributed by atoms with E-state index in [4.69, 9.17) is 9.47 Å². The average Bonchev–Trinajstić information content (AvgIpc) is 2.73. The fourth-order valence-corrected chi connectivity index (χ4v) is 3.80. The van der Waals surface area contributed by atoms with E-state index in [1.54, 1.807) is 7.05 Å². The third-order valence-corrected chi connectivity index (χ3v) is 5.60. The van der Waals surface area contributed by atoms with Crippen molar-refractivity contribution in [3.63, 3.8) is 0 Å². The van der Waals surface area contributed by atoms with E-state index in [2.05, 4.69) is 9.97 Å². The van der Waals surface area contributed by atoms with E-state index in [1.807, 2.05) is 52.0 Å². The summed E-state index contributed by atoms with van der Waals surface area (Å²) in [6.07, 6.45) is 0. The van der Waals surface area contributed by atoms with Crippen LogP contribution in [0, 0.1) is 0 Å². The number of rotatable bonds is 7. The van der Waals surface area contributed by atoms with Crippen molar-refractivity contribution in [2.24, 2.45) is 14.1 Å². The van der Waals surface area contributed by atoms with E-state index in [9.17, 15) is 9.59 Å². The molecule has 0 unspecified atom stereocenters. The highest BCUT2D eigenvalue weighted by Crippen LogP contribution is 2.27. The zero-order valence-corrected chi connectivity index (χ0v) is 19.6. The second kappa shape index (κ2) is 9.13. The number of thioether (sulfide) groups is 1. The van der Waals surface area contributed by atoms with Gasteiger partial charge in [-0.1, -0.05) is 20.8 Å². The van der Waals surface area contributed by atoms with Gasteiger partial charge in [-0.25, -0.2) is 14.8 Å². The van der Waals surface area contributed by atoms with Gasteiger partial charge in [0.2, 0.25) is 0 Å². The third kappa shape index (κ3) is 4.92. The van der Waals surface area contributed by atoms with Crippen LogP contribution in [-0.4, -0.2) is 38.1 Å². The van der Waals surface area contributed by atoms with Gasteiger partial charge in [0.25, 0.3) is 5.56 Å². The standard InChI is InChI=1S/C22H28N4O4S/c1-7-29-14-8-10-15(11-9-14)30-12-13-31-18-16-17(23-20(24-18)22(2,3)4)25(5)21(28)26(6)19(16)27/h8-11H,7,12-13H2,1-6H3. The van der Waals surface area contributed by atoms with E-state index in [1.165, 1.54) is 23.4 Å². The molecule has 0 N–H and O–H groups in total. The van der Waals surface area contributed by atoms with Crippen molar-refractivity contribution in [2.75, 3.05) is 19.0 Å². The number of nitrogens with zero attached hydrogens (tertiary/aromatic N) is 4. The van der Waals surface area contributed by atoms with Gasteiger partial charge < -0.3 is 9.47 Å². The molecule has 2 heterocycles. The van der Waals surface area contributed by atoms with Crippen LogP contribution in [0.15, 0.2) is 38.9 Å². The minimum absolute atomic E-state index is 0.334.